The number of urea groups is 2. The van der Waals surface area contributed by atoms with E-state index in [-0.39, 0.29) is 17.7 Å². The number of hydrogen-bond acceptors (Lipinski definition) is 7. The number of rotatable bonds is 2. The van der Waals surface area contributed by atoms with Crippen LogP contribution in [0, 0.1) is 5.41 Å². The summed E-state index contributed by atoms with van der Waals surface area (Å²) in [5.74, 6) is -2.71. The molecule has 0 saturated carbocycles. The number of anilines is 2. The number of carbonyl (C=O) groups is 6. The van der Waals surface area contributed by atoms with Gasteiger partial charge in [-0.05, 0) is 72.9 Å². The van der Waals surface area contributed by atoms with Gasteiger partial charge in [0.2, 0.25) is 11.8 Å². The molecule has 3 fully saturated rings. The van der Waals surface area contributed by atoms with Crippen LogP contribution in [0.15, 0.2) is 48.0 Å². The number of imide groups is 4. The van der Waals surface area contributed by atoms with Gasteiger partial charge in [0.1, 0.15) is 5.57 Å². The van der Waals surface area contributed by atoms with Crippen molar-refractivity contribution in [2.75, 3.05) is 30.4 Å². The normalized spacial score (nSPS) is 23.3. The number of nitrogens with one attached hydrogen (secondary N) is 1. The summed E-state index contributed by atoms with van der Waals surface area (Å²) < 4.78 is 0. The highest BCUT2D eigenvalue weighted by molar-refractivity contribution is 6.39. The number of nitrogens with zero attached hydrogens (tertiary/aromatic N) is 4. The lowest BCUT2D eigenvalue weighted by Gasteiger charge is -2.50. The fourth-order valence-electron chi connectivity index (χ4n) is 6.28. The van der Waals surface area contributed by atoms with Gasteiger partial charge in [-0.15, -0.1) is 0 Å². The first-order valence-corrected chi connectivity index (χ1v) is 13.1. The third-order valence-electron chi connectivity index (χ3n) is 8.15. The second kappa shape index (κ2) is 9.02. The topological polar surface area (TPSA) is 127 Å². The molecular formula is C28H24ClN5O6. The lowest BCUT2D eigenvalue weighted by molar-refractivity contribution is -0.159. The number of barbiturate groups is 2. The van der Waals surface area contributed by atoms with Crippen molar-refractivity contribution in [2.45, 2.75) is 25.3 Å². The van der Waals surface area contributed by atoms with Gasteiger partial charge in [0.25, 0.3) is 11.8 Å². The molecule has 3 saturated heterocycles. The van der Waals surface area contributed by atoms with Crippen LogP contribution in [0.4, 0.5) is 21.0 Å². The Hall–Kier alpha value is -4.51. The Kier molecular flexibility index (Phi) is 5.81. The molecule has 1 N–H and O–H groups in total. The maximum atomic E-state index is 13.6. The molecule has 11 nitrogen and oxygen atoms in total. The minimum Gasteiger partial charge on any atom is -0.367 e. The number of hydrogen-bond donors (Lipinski definition) is 1. The molecule has 12 heteroatoms. The van der Waals surface area contributed by atoms with Crippen molar-refractivity contribution < 1.29 is 28.8 Å². The van der Waals surface area contributed by atoms with Crippen molar-refractivity contribution in [2.24, 2.45) is 5.41 Å². The van der Waals surface area contributed by atoms with E-state index in [1.165, 1.54) is 44.4 Å². The average Bonchev–Trinajstić information content (AvgIpc) is 3.44. The van der Waals surface area contributed by atoms with Gasteiger partial charge in [0.15, 0.2) is 5.41 Å². The first-order valence-electron chi connectivity index (χ1n) is 12.7. The Bertz CT molecular complexity index is 1540. The Morgan fingerprint density at radius 3 is 2.30 bits per heavy atom. The first kappa shape index (κ1) is 25.8. The molecule has 8 amide bonds. The predicted molar refractivity (Wildman–Crippen MR) is 144 cm³/mol. The maximum absolute atomic E-state index is 13.6. The average molecular weight is 562 g/mol. The minimum atomic E-state index is -1.47. The maximum Gasteiger partial charge on any atom is 0.335 e. The molecule has 2 aromatic rings. The van der Waals surface area contributed by atoms with E-state index in [1.807, 2.05) is 11.0 Å². The van der Waals surface area contributed by atoms with E-state index in [0.717, 1.165) is 26.8 Å². The van der Waals surface area contributed by atoms with Gasteiger partial charge in [0, 0.05) is 31.4 Å². The van der Waals surface area contributed by atoms with E-state index < -0.39 is 47.1 Å². The van der Waals surface area contributed by atoms with Crippen LogP contribution in [0.1, 0.15) is 24.0 Å². The van der Waals surface area contributed by atoms with Crippen molar-refractivity contribution >= 4 is 64.7 Å². The lowest BCUT2D eigenvalue weighted by Crippen LogP contribution is -2.70. The molecule has 204 valence electrons. The van der Waals surface area contributed by atoms with E-state index in [1.54, 1.807) is 12.1 Å². The molecule has 4 aliphatic rings. The fraction of sp³-hybridized carbons (Fsp3) is 0.286. The molecular weight excluding hydrogens is 538 g/mol. The quantitative estimate of drug-likeness (QED) is 0.339. The molecule has 4 aliphatic heterocycles. The third kappa shape index (κ3) is 3.57. The summed E-state index contributed by atoms with van der Waals surface area (Å²) in [6, 6.07) is 9.42. The monoisotopic (exact) mass is 561 g/mol. The van der Waals surface area contributed by atoms with Gasteiger partial charge in [-0.1, -0.05) is 17.7 Å². The van der Waals surface area contributed by atoms with Crippen LogP contribution in [0.2, 0.25) is 5.02 Å². The third-order valence-corrected chi connectivity index (χ3v) is 8.40. The fourth-order valence-corrected chi connectivity index (χ4v) is 6.40. The van der Waals surface area contributed by atoms with Crippen LogP contribution in [0.25, 0.3) is 6.08 Å². The zero-order chi connectivity index (χ0) is 28.5. The van der Waals surface area contributed by atoms with Crippen LogP contribution in [-0.2, 0) is 25.6 Å². The number of benzene rings is 2. The SMILES string of the molecule is CN1C(=O)N(C)C(=O)C2(Cc3cc(/C=C4\C(=O)NC(=O)N(c5ccc(Cl)cc5)C4=O)ccc3N3CCC[C@@H]32)C1=O. The van der Waals surface area contributed by atoms with Crippen molar-refractivity contribution in [3.63, 3.8) is 0 Å². The molecule has 0 radical (unpaired) electrons. The summed E-state index contributed by atoms with van der Waals surface area (Å²) in [5.41, 5.74) is 0.533. The van der Waals surface area contributed by atoms with Crippen molar-refractivity contribution in [3.8, 4) is 0 Å². The standard InChI is InChI=1S/C28H24ClN5O6/c1-31-24(37)28(25(38)32(2)27(31)40)14-16-12-15(5-10-20(16)33-11-3-4-21(28)33)13-19-22(35)30-26(39)34(23(19)36)18-8-6-17(29)7-9-18/h5-10,12-13,21H,3-4,11,14H2,1-2H3,(H,30,35,39)/b19-13+/t21-/m1/s1. The molecule has 0 unspecified atom stereocenters. The van der Waals surface area contributed by atoms with Crippen molar-refractivity contribution in [1.82, 2.24) is 15.1 Å². The summed E-state index contributed by atoms with van der Waals surface area (Å²) in [5, 5.41) is 2.61. The zero-order valence-corrected chi connectivity index (χ0v) is 22.4. The Morgan fingerprint density at radius 2 is 1.62 bits per heavy atom. The summed E-state index contributed by atoms with van der Waals surface area (Å²) >= 11 is 5.93. The predicted octanol–water partition coefficient (Wildman–Crippen LogP) is 2.57. The van der Waals surface area contributed by atoms with E-state index in [2.05, 4.69) is 5.32 Å². The highest BCUT2D eigenvalue weighted by Gasteiger charge is 2.63. The second-order valence-electron chi connectivity index (χ2n) is 10.3. The van der Waals surface area contributed by atoms with Crippen LogP contribution in [0.5, 0.6) is 0 Å². The van der Waals surface area contributed by atoms with E-state index >= 15 is 0 Å². The number of fused-ring (bicyclic) bond motifs is 4. The van der Waals surface area contributed by atoms with Crippen LogP contribution >= 0.6 is 11.6 Å². The van der Waals surface area contributed by atoms with E-state index in [9.17, 15) is 28.8 Å². The van der Waals surface area contributed by atoms with Gasteiger partial charge >= 0.3 is 12.1 Å². The van der Waals surface area contributed by atoms with E-state index in [4.69, 9.17) is 11.6 Å². The Balaban J connectivity index is 1.40. The van der Waals surface area contributed by atoms with E-state index in [0.29, 0.717) is 29.1 Å². The van der Waals surface area contributed by atoms with Gasteiger partial charge in [-0.2, -0.15) is 0 Å². The zero-order valence-electron chi connectivity index (χ0n) is 21.6. The molecule has 6 rings (SSSR count). The van der Waals surface area contributed by atoms with Gasteiger partial charge < -0.3 is 4.90 Å². The van der Waals surface area contributed by atoms with Gasteiger partial charge in [-0.3, -0.25) is 34.3 Å². The van der Waals surface area contributed by atoms with Crippen LogP contribution < -0.4 is 15.1 Å². The van der Waals surface area contributed by atoms with Crippen LogP contribution in [-0.4, -0.2) is 72.2 Å². The number of carbonyl (C=O) groups excluding carboxylic acids is 6. The molecule has 0 aliphatic carbocycles. The molecule has 4 heterocycles. The smallest absolute Gasteiger partial charge is 0.335 e. The van der Waals surface area contributed by atoms with Crippen molar-refractivity contribution in [1.29, 1.82) is 0 Å². The highest BCUT2D eigenvalue weighted by atomic mass is 35.5. The Labute approximate surface area is 233 Å². The highest BCUT2D eigenvalue weighted by Crippen LogP contribution is 2.49. The number of amides is 8. The lowest BCUT2D eigenvalue weighted by atomic mass is 9.68. The summed E-state index contributed by atoms with van der Waals surface area (Å²) in [6.07, 6.45) is 2.85. The summed E-state index contributed by atoms with van der Waals surface area (Å²) in [7, 11) is 2.76. The molecule has 0 bridgehead atoms. The number of halogens is 1. The Morgan fingerprint density at radius 1 is 0.950 bits per heavy atom. The minimum absolute atomic E-state index is 0.0651. The summed E-state index contributed by atoms with van der Waals surface area (Å²) in [4.78, 5) is 83.2. The molecule has 0 aromatic heterocycles. The molecule has 40 heavy (non-hydrogen) atoms. The molecule has 1 atom stereocenters. The van der Waals surface area contributed by atoms with Gasteiger partial charge in [0.05, 0.1) is 11.7 Å². The second-order valence-corrected chi connectivity index (χ2v) is 10.8. The summed E-state index contributed by atoms with van der Waals surface area (Å²) in [6.45, 7) is 0.640. The van der Waals surface area contributed by atoms with Crippen LogP contribution in [0.3, 0.4) is 0 Å². The largest absolute Gasteiger partial charge is 0.367 e. The molecule has 2 aromatic carbocycles. The first-order chi connectivity index (χ1) is 19.0. The van der Waals surface area contributed by atoms with Crippen molar-refractivity contribution in [3.05, 3.63) is 64.2 Å². The molecule has 1 spiro atoms. The van der Waals surface area contributed by atoms with Gasteiger partial charge in [-0.25, -0.2) is 14.5 Å².